The van der Waals surface area contributed by atoms with E-state index in [1.807, 2.05) is 0 Å². The molecule has 1 amide bonds. The van der Waals surface area contributed by atoms with E-state index in [2.05, 4.69) is 180 Å². The van der Waals surface area contributed by atoms with Crippen LogP contribution in [0.5, 0.6) is 11.5 Å². The number of unbranched alkanes of at least 4 members (excludes halogenated alkanes) is 18. The average Bonchev–Trinajstić information content (AvgIpc) is 1.38. The molecule has 3 aliphatic heterocycles. The number of benzene rings is 21. The Morgan fingerprint density at radius 3 is 0.869 bits per heavy atom. The van der Waals surface area contributed by atoms with Crippen LogP contribution in [0.25, 0.3) is 359 Å². The van der Waals surface area contributed by atoms with E-state index < -0.39 is 10.8 Å². The number of fused-ring (bicyclic) bond motifs is 8. The van der Waals surface area contributed by atoms with E-state index in [-0.39, 0.29) is 5.91 Å². The van der Waals surface area contributed by atoms with E-state index in [1.54, 1.807) is 313 Å². The highest BCUT2D eigenvalue weighted by molar-refractivity contribution is 6.82. The third-order valence-electron chi connectivity index (χ3n) is 38.7. The topological polar surface area (TPSA) is 96.1 Å². The van der Waals surface area contributed by atoms with Crippen LogP contribution in [0.2, 0.25) is 0 Å². The van der Waals surface area contributed by atoms with Crippen molar-refractivity contribution in [1.29, 1.82) is 0 Å². The first-order valence-corrected chi connectivity index (χ1v) is 51.7. The fraction of sp³-hybridized carbons (Fsp3) is 0.217. The van der Waals surface area contributed by atoms with Crippen molar-refractivity contribution < 1.29 is 14.3 Å². The summed E-state index contributed by atoms with van der Waals surface area (Å²) in [5, 5.41) is 85.9. The zero-order valence-corrected chi connectivity index (χ0v) is 75.7. The molecule has 1 fully saturated rings. The van der Waals surface area contributed by atoms with Gasteiger partial charge in [-0.2, -0.15) is 0 Å². The largest absolute Gasteiger partial charge is 0.493 e. The van der Waals surface area contributed by atoms with Gasteiger partial charge in [-0.05, 0) is 458 Å². The lowest BCUT2D eigenvalue weighted by atomic mass is 9.50. The lowest BCUT2D eigenvalue weighted by Gasteiger charge is -2.49. The maximum absolute atomic E-state index is 16.8. The molecule has 41 rings (SSSR count). The van der Waals surface area contributed by atoms with Crippen LogP contribution >= 0.6 is 0 Å². The van der Waals surface area contributed by atoms with E-state index in [9.17, 15) is 0 Å². The van der Waals surface area contributed by atoms with Crippen LogP contribution in [0.3, 0.4) is 0 Å². The molecule has 8 bridgehead atoms. The van der Waals surface area contributed by atoms with Crippen molar-refractivity contribution in [3.63, 3.8) is 0 Å². The molecule has 6 heterocycles. The number of nitrogens with zero attached hydrogens (tertiary/aromatic N) is 3. The minimum atomic E-state index is -0.530. The number of carbonyl (C=O) groups is 1. The van der Waals surface area contributed by atoms with Gasteiger partial charge in [0.2, 0.25) is 0 Å². The number of hydrogen-bond acceptors (Lipinski definition) is 5. The summed E-state index contributed by atoms with van der Waals surface area (Å²) >= 11 is 0. The second-order valence-corrected chi connectivity index (χ2v) is 44.3. The Hall–Kier alpha value is -15.1. The zero-order chi connectivity index (χ0) is 87.3. The predicted molar refractivity (Wildman–Crippen MR) is 574 cm³/mol. The molecule has 2 N–H and O–H groups in total. The molecule has 137 heavy (non-hydrogen) atoms. The molecular weight excluding hydrogens is 1670 g/mol. The van der Waals surface area contributed by atoms with Gasteiger partial charge in [0.1, 0.15) is 11.5 Å². The van der Waals surface area contributed by atoms with Gasteiger partial charge in [-0.25, -0.2) is 9.97 Å². The van der Waals surface area contributed by atoms with Crippen LogP contribution in [0.1, 0.15) is 209 Å². The number of rotatable bonds is 27. The molecule has 0 unspecified atom stereocenters. The van der Waals surface area contributed by atoms with E-state index in [0.29, 0.717) is 26.3 Å². The Kier molecular flexibility index (Phi) is 10.9. The van der Waals surface area contributed by atoms with Gasteiger partial charge in [0.05, 0.1) is 46.8 Å². The summed E-state index contributed by atoms with van der Waals surface area (Å²) in [4.78, 5) is 37.6. The number of hydrogen-bond donors (Lipinski definition) is 2. The van der Waals surface area contributed by atoms with Gasteiger partial charge in [-0.15, -0.1) is 0 Å². The number of nitrogens with one attached hydrogen (secondary N) is 2. The van der Waals surface area contributed by atoms with Crippen molar-refractivity contribution in [2.45, 2.75) is 153 Å². The first-order valence-electron chi connectivity index (χ1n) is 51.7. The molecule has 8 nitrogen and oxygen atoms in total. The van der Waals surface area contributed by atoms with E-state index in [1.165, 1.54) is 116 Å². The minimum absolute atomic E-state index is 0.122. The van der Waals surface area contributed by atoms with Crippen LogP contribution < -0.4 is 9.47 Å². The summed E-state index contributed by atoms with van der Waals surface area (Å²) in [7, 11) is 0. The molecule has 3 aromatic heterocycles. The van der Waals surface area contributed by atoms with E-state index in [4.69, 9.17) is 19.4 Å². The maximum atomic E-state index is 16.8. The molecule has 7 aliphatic rings. The first kappa shape index (κ1) is 68.8. The average molecular weight is 1750 g/mol. The Balaban J connectivity index is 0.416. The Morgan fingerprint density at radius 1 is 0.299 bits per heavy atom. The SMILES string of the molecule is CCCCCCCCCCCCOc1cc(OCCCCCCCCCCCC)cc(-c2c3nc(cc4ccc([nH]4)c(-c4ccc(C#CC#Cc5ccc(C(=O)N6CC78c9c%10c%11c%12c%13c%14c(c%15c%16c7c7c9c9c%17c%10c%10c%11c%11c%13c%13c%18c%14c%14c%15c%15c%16c%16c7c7c9c9c%17c%17c%10c%10c%11c%13c%11c%13c%18c%14c%14c%15c%15c%16c7c7c9c9c%17c%10c%11c%10c%13c%14c%15c7c9%10)C%128C6)cc5)cc4)c4nc(cc5ccc2[nH]5)C=C4)C=C3)c1. The maximum Gasteiger partial charge on any atom is 0.253 e. The van der Waals surface area contributed by atoms with E-state index >= 15 is 4.79 Å². The van der Waals surface area contributed by atoms with Crippen molar-refractivity contribution in [2.24, 2.45) is 0 Å². The first-order chi connectivity index (χ1) is 67.9. The van der Waals surface area contributed by atoms with Crippen LogP contribution in [0, 0.1) is 23.7 Å². The number of H-pyrrole nitrogens is 2. The summed E-state index contributed by atoms with van der Waals surface area (Å²) in [6.45, 7) is 7.20. The third kappa shape index (κ3) is 6.60. The van der Waals surface area contributed by atoms with Gasteiger partial charge in [-0.3, -0.25) is 4.79 Å². The highest BCUT2D eigenvalue weighted by Crippen LogP contribution is 2.86. The van der Waals surface area contributed by atoms with E-state index in [0.717, 1.165) is 108 Å². The quantitative estimate of drug-likeness (QED) is 0.0304. The van der Waals surface area contributed by atoms with Crippen LogP contribution in [-0.4, -0.2) is 57.0 Å². The van der Waals surface area contributed by atoms with Crippen LogP contribution in [0.15, 0.2) is 103 Å². The number of carbonyl (C=O) groups excluding carboxylic acids is 1. The monoisotopic (exact) mass is 1740 g/mol. The summed E-state index contributed by atoms with van der Waals surface area (Å²) in [6, 6.07) is 36.1. The van der Waals surface area contributed by atoms with Gasteiger partial charge in [0.25, 0.3) is 5.91 Å². The molecule has 34 aromatic rings. The molecule has 2 spiro atoms. The molecular formula is C129H77N5O3. The lowest BCUT2D eigenvalue weighted by molar-refractivity contribution is 0.0783. The summed E-state index contributed by atoms with van der Waals surface area (Å²) < 4.78 is 13.4. The molecule has 4 aliphatic carbocycles. The molecule has 0 saturated carbocycles. The second kappa shape index (κ2) is 21.7. The fourth-order valence-corrected chi connectivity index (χ4v) is 34.8. The van der Waals surface area contributed by atoms with Gasteiger partial charge in [0, 0.05) is 69.0 Å². The summed E-state index contributed by atoms with van der Waals surface area (Å²) in [6.07, 6.45) is 34.1. The van der Waals surface area contributed by atoms with Crippen molar-refractivity contribution >= 4 is 343 Å². The van der Waals surface area contributed by atoms with Crippen molar-refractivity contribution in [1.82, 2.24) is 24.8 Å². The van der Waals surface area contributed by atoms with Crippen molar-refractivity contribution in [2.75, 3.05) is 26.3 Å². The smallest absolute Gasteiger partial charge is 0.253 e. The van der Waals surface area contributed by atoms with Gasteiger partial charge in [0.15, 0.2) is 0 Å². The van der Waals surface area contributed by atoms with Crippen LogP contribution in [0.4, 0.5) is 0 Å². The molecule has 0 radical (unpaired) electrons. The van der Waals surface area contributed by atoms with Crippen molar-refractivity contribution in [3.05, 3.63) is 165 Å². The Labute approximate surface area is 778 Å². The minimum Gasteiger partial charge on any atom is -0.493 e. The second-order valence-electron chi connectivity index (χ2n) is 44.3. The normalized spacial score (nSPS) is 17.3. The van der Waals surface area contributed by atoms with Gasteiger partial charge < -0.3 is 24.3 Å². The number of aromatic nitrogens is 4. The highest BCUT2D eigenvalue weighted by Gasteiger charge is 2.73. The number of likely N-dealkylation sites (tertiary alicyclic amines) is 1. The molecule has 8 heteroatoms. The standard InChI is InChI=1S/C129H77N5O3/c1-3-5-7-9-11-13-15-17-19-23-43-136-61-45-56(46-62(49-61)137-44-24-20-18-16-14-12-10-8-6-4-2)68-65-41-37-59(132-65)47-57-35-39-63(130-57)67(64-40-36-58(131-64)48-60-38-42-66(68)133-60)54-31-27-52(28-32-54)25-21-22-26-53-29-33-55(34-30-53)127(135)134-50-128-123-115-107-97-87-79-71-69-70-73-77-75(71)83-91-85(77)95-89-81(73)82-74(70)78-76-72(69)80(79)88-94-84(76)92-86(78)96-90(82)100-99(89)109-103(95)113-105(91)111(101(107)93(83)87)119(123)121(113)125-117(109)118-110(100)104(96)114-106(92)112-102(94)108(98(88)97)116(115)124(128)120(112)122(114)126(118)129(125,128)51-134/h27-42,45-49,130,133H,3-20,23-24,43-44,50-51H2,1-2H3. The number of aromatic amines is 2. The van der Waals surface area contributed by atoms with Gasteiger partial charge in [-0.1, -0.05) is 153 Å². The number of amides is 1. The Morgan fingerprint density at radius 2 is 0.569 bits per heavy atom. The lowest BCUT2D eigenvalue weighted by Crippen LogP contribution is -2.51. The summed E-state index contributed by atoms with van der Waals surface area (Å²) in [5.41, 5.74) is 18.9. The van der Waals surface area contributed by atoms with Gasteiger partial charge >= 0.3 is 0 Å². The highest BCUT2D eigenvalue weighted by atomic mass is 16.5. The van der Waals surface area contributed by atoms with Crippen molar-refractivity contribution in [3.8, 4) is 57.4 Å². The zero-order valence-electron chi connectivity index (χ0n) is 75.7. The molecule has 31 aromatic carbocycles. The molecule has 1 saturated heterocycles. The molecule has 0 atom stereocenters. The predicted octanol–water partition coefficient (Wildman–Crippen LogP) is 33.8. The Bertz CT molecular complexity index is 10700. The summed E-state index contributed by atoms with van der Waals surface area (Å²) in [5.74, 6) is 15.1. The number of ether oxygens (including phenoxy) is 2. The van der Waals surface area contributed by atoms with Crippen LogP contribution in [-0.2, 0) is 10.8 Å². The third-order valence-corrected chi connectivity index (χ3v) is 38.7. The molecule has 636 valence electrons. The fourth-order valence-electron chi connectivity index (χ4n) is 34.8.